The van der Waals surface area contributed by atoms with Crippen LogP contribution >= 0.6 is 15.9 Å². The Morgan fingerprint density at radius 2 is 1.91 bits per heavy atom. The first-order valence-corrected chi connectivity index (χ1v) is 9.96. The number of benzene rings is 2. The number of aliphatic carboxylic acids is 1. The molecule has 1 heterocycles. The normalized spacial score (nSPS) is 11.8. The number of carboxylic acid groups (broad SMARTS) is 1. The van der Waals surface area contributed by atoms with Gasteiger partial charge in [-0.05, 0) is 52.3 Å². The molecule has 0 saturated carbocycles. The SMILES string of the molecule is COc1ccc(-c2nc(C(CCOc3ccc(F)c(C(N)=O)c3F)C(=O)O)oc2Br)cc1. The lowest BCUT2D eigenvalue weighted by atomic mass is 10.1. The molecule has 0 bridgehead atoms. The van der Waals surface area contributed by atoms with E-state index in [9.17, 15) is 23.5 Å². The van der Waals surface area contributed by atoms with Gasteiger partial charge in [0.25, 0.3) is 5.91 Å². The second kappa shape index (κ2) is 9.77. The molecule has 0 aliphatic rings. The molecule has 3 aromatic rings. The Labute approximate surface area is 189 Å². The molecular formula is C21H17BrF2N2O6. The Hall–Kier alpha value is -3.47. The molecular weight excluding hydrogens is 494 g/mol. The highest BCUT2D eigenvalue weighted by Crippen LogP contribution is 2.33. The summed E-state index contributed by atoms with van der Waals surface area (Å²) in [7, 11) is 1.53. The molecule has 1 amide bonds. The molecule has 3 rings (SSSR count). The molecule has 0 aliphatic heterocycles. The van der Waals surface area contributed by atoms with Gasteiger partial charge in [-0.3, -0.25) is 9.59 Å². The lowest BCUT2D eigenvalue weighted by Crippen LogP contribution is -2.18. The number of methoxy groups -OCH3 is 1. The fraction of sp³-hybridized carbons (Fsp3) is 0.190. The van der Waals surface area contributed by atoms with Crippen LogP contribution in [0.4, 0.5) is 8.78 Å². The van der Waals surface area contributed by atoms with E-state index in [1.807, 2.05) is 0 Å². The maximum Gasteiger partial charge on any atom is 0.316 e. The number of ether oxygens (including phenoxy) is 2. The maximum atomic E-state index is 14.3. The number of nitrogens with zero attached hydrogens (tertiary/aromatic N) is 1. The quantitative estimate of drug-likeness (QED) is 0.443. The number of primary amides is 1. The van der Waals surface area contributed by atoms with Crippen molar-refractivity contribution in [1.29, 1.82) is 0 Å². The molecule has 2 aromatic carbocycles. The highest BCUT2D eigenvalue weighted by atomic mass is 79.9. The van der Waals surface area contributed by atoms with Gasteiger partial charge >= 0.3 is 5.97 Å². The summed E-state index contributed by atoms with van der Waals surface area (Å²) in [5, 5.41) is 9.60. The summed E-state index contributed by atoms with van der Waals surface area (Å²) in [6.45, 7) is -0.282. The second-order valence-corrected chi connectivity index (χ2v) is 7.25. The fourth-order valence-electron chi connectivity index (χ4n) is 2.90. The summed E-state index contributed by atoms with van der Waals surface area (Å²) < 4.78 is 43.9. The van der Waals surface area contributed by atoms with E-state index in [0.717, 1.165) is 12.1 Å². The molecule has 11 heteroatoms. The average molecular weight is 511 g/mol. The van der Waals surface area contributed by atoms with Crippen LogP contribution < -0.4 is 15.2 Å². The van der Waals surface area contributed by atoms with Gasteiger partial charge in [-0.1, -0.05) is 0 Å². The minimum atomic E-state index is -1.29. The van der Waals surface area contributed by atoms with Crippen molar-refractivity contribution < 1.29 is 37.4 Å². The Kier molecular flexibility index (Phi) is 7.08. The van der Waals surface area contributed by atoms with Gasteiger partial charge in [0.05, 0.1) is 13.7 Å². The van der Waals surface area contributed by atoms with Crippen LogP contribution in [-0.2, 0) is 4.79 Å². The molecule has 1 unspecified atom stereocenters. The maximum absolute atomic E-state index is 14.3. The molecule has 3 N–H and O–H groups in total. The van der Waals surface area contributed by atoms with Gasteiger partial charge in [0.15, 0.2) is 16.2 Å². The third kappa shape index (κ3) is 4.88. The van der Waals surface area contributed by atoms with Crippen molar-refractivity contribution in [1.82, 2.24) is 4.98 Å². The molecule has 32 heavy (non-hydrogen) atoms. The number of hydrogen-bond donors (Lipinski definition) is 2. The summed E-state index contributed by atoms with van der Waals surface area (Å²) in [5.41, 5.74) is 5.10. The number of carbonyl (C=O) groups is 2. The topological polar surface area (TPSA) is 125 Å². The number of hydrogen-bond acceptors (Lipinski definition) is 6. The molecule has 1 aromatic heterocycles. The lowest BCUT2D eigenvalue weighted by Gasteiger charge is -2.12. The largest absolute Gasteiger partial charge is 0.497 e. The van der Waals surface area contributed by atoms with Gasteiger partial charge in [0, 0.05) is 12.0 Å². The number of amides is 1. The van der Waals surface area contributed by atoms with Crippen LogP contribution in [0, 0.1) is 11.6 Å². The van der Waals surface area contributed by atoms with Crippen LogP contribution in [0.15, 0.2) is 45.5 Å². The Balaban J connectivity index is 1.76. The zero-order valence-corrected chi connectivity index (χ0v) is 18.2. The molecule has 0 radical (unpaired) electrons. The molecule has 168 valence electrons. The summed E-state index contributed by atoms with van der Waals surface area (Å²) >= 11 is 3.24. The molecule has 0 fully saturated rings. The van der Waals surface area contributed by atoms with Crippen LogP contribution in [-0.4, -0.2) is 35.7 Å². The number of oxazole rings is 1. The molecule has 8 nitrogen and oxygen atoms in total. The molecule has 0 spiro atoms. The van der Waals surface area contributed by atoms with E-state index in [1.165, 1.54) is 7.11 Å². The van der Waals surface area contributed by atoms with Gasteiger partial charge < -0.3 is 24.7 Å². The van der Waals surface area contributed by atoms with E-state index < -0.39 is 40.7 Å². The Morgan fingerprint density at radius 1 is 1.22 bits per heavy atom. The van der Waals surface area contributed by atoms with Gasteiger partial charge in [-0.15, -0.1) is 0 Å². The van der Waals surface area contributed by atoms with Gasteiger partial charge in [0.2, 0.25) is 5.89 Å². The van der Waals surface area contributed by atoms with Crippen molar-refractivity contribution in [2.75, 3.05) is 13.7 Å². The first kappa shape index (κ1) is 23.2. The minimum absolute atomic E-state index is 0.0869. The van der Waals surface area contributed by atoms with Crippen LogP contribution in [0.25, 0.3) is 11.3 Å². The standard InChI is InChI=1S/C21H17BrF2N2O6/c1-30-11-4-2-10(3-5-11)17-18(22)32-20(26-17)12(21(28)29)8-9-31-14-7-6-13(23)15(16(14)24)19(25)27/h2-7,12H,8-9H2,1H3,(H2,25,27)(H,28,29). The smallest absolute Gasteiger partial charge is 0.316 e. The van der Waals surface area contributed by atoms with E-state index in [2.05, 4.69) is 20.9 Å². The van der Waals surface area contributed by atoms with Crippen molar-refractivity contribution in [3.63, 3.8) is 0 Å². The van der Waals surface area contributed by atoms with Crippen molar-refractivity contribution in [3.8, 4) is 22.8 Å². The first-order chi connectivity index (χ1) is 15.2. The molecule has 1 atom stereocenters. The van der Waals surface area contributed by atoms with E-state index in [4.69, 9.17) is 19.6 Å². The van der Waals surface area contributed by atoms with Crippen LogP contribution in [0.3, 0.4) is 0 Å². The number of aromatic nitrogens is 1. The van der Waals surface area contributed by atoms with E-state index in [0.29, 0.717) is 17.0 Å². The van der Waals surface area contributed by atoms with Gasteiger partial charge in [-0.2, -0.15) is 0 Å². The van der Waals surface area contributed by atoms with Gasteiger partial charge in [0.1, 0.15) is 28.7 Å². The number of carbonyl (C=O) groups excluding carboxylic acids is 1. The van der Waals surface area contributed by atoms with E-state index in [1.54, 1.807) is 24.3 Å². The second-order valence-electron chi connectivity index (χ2n) is 6.53. The zero-order valence-electron chi connectivity index (χ0n) is 16.6. The zero-order chi connectivity index (χ0) is 23.4. The Morgan fingerprint density at radius 3 is 2.50 bits per heavy atom. The predicted molar refractivity (Wildman–Crippen MR) is 112 cm³/mol. The van der Waals surface area contributed by atoms with Crippen molar-refractivity contribution in [3.05, 3.63) is 64.2 Å². The predicted octanol–water partition coefficient (Wildman–Crippen LogP) is 4.13. The third-order valence-corrected chi connectivity index (χ3v) is 5.07. The Bertz CT molecular complexity index is 1150. The summed E-state index contributed by atoms with van der Waals surface area (Å²) in [6.07, 6.45) is -0.146. The summed E-state index contributed by atoms with van der Waals surface area (Å²) in [4.78, 5) is 27.3. The number of carboxylic acids is 1. The van der Waals surface area contributed by atoms with Crippen LogP contribution in [0.1, 0.15) is 28.6 Å². The minimum Gasteiger partial charge on any atom is -0.497 e. The van der Waals surface area contributed by atoms with Crippen molar-refractivity contribution in [2.24, 2.45) is 5.73 Å². The van der Waals surface area contributed by atoms with Gasteiger partial charge in [-0.25, -0.2) is 13.8 Å². The first-order valence-electron chi connectivity index (χ1n) is 9.17. The highest BCUT2D eigenvalue weighted by molar-refractivity contribution is 9.10. The molecule has 0 saturated heterocycles. The average Bonchev–Trinajstić information content (AvgIpc) is 3.13. The molecule has 0 aliphatic carbocycles. The monoisotopic (exact) mass is 510 g/mol. The number of nitrogens with two attached hydrogens (primary N) is 1. The lowest BCUT2D eigenvalue weighted by molar-refractivity contribution is -0.139. The third-order valence-electron chi connectivity index (χ3n) is 4.53. The summed E-state index contributed by atoms with van der Waals surface area (Å²) in [5.74, 6) is -6.00. The highest BCUT2D eigenvalue weighted by Gasteiger charge is 2.28. The van der Waals surface area contributed by atoms with Crippen molar-refractivity contribution in [2.45, 2.75) is 12.3 Å². The van der Waals surface area contributed by atoms with E-state index >= 15 is 0 Å². The number of halogens is 3. The summed E-state index contributed by atoms with van der Waals surface area (Å²) in [6, 6.07) is 8.72. The van der Waals surface area contributed by atoms with Crippen LogP contribution in [0.2, 0.25) is 0 Å². The van der Waals surface area contributed by atoms with Crippen LogP contribution in [0.5, 0.6) is 11.5 Å². The van der Waals surface area contributed by atoms with Crippen molar-refractivity contribution >= 4 is 27.8 Å². The number of rotatable bonds is 9. The fourth-order valence-corrected chi connectivity index (χ4v) is 3.39. The van der Waals surface area contributed by atoms with E-state index in [-0.39, 0.29) is 23.6 Å².